The van der Waals surface area contributed by atoms with Crippen molar-refractivity contribution in [3.63, 3.8) is 0 Å². The first-order valence-electron chi connectivity index (χ1n) is 10.6. The summed E-state index contributed by atoms with van der Waals surface area (Å²) in [6.45, 7) is 14.8. The van der Waals surface area contributed by atoms with E-state index in [4.69, 9.17) is 4.74 Å². The van der Waals surface area contributed by atoms with Crippen LogP contribution in [0.15, 0.2) is 23.2 Å². The zero-order valence-corrected chi connectivity index (χ0v) is 21.3. The van der Waals surface area contributed by atoms with Crippen LogP contribution in [-0.2, 0) is 6.54 Å². The van der Waals surface area contributed by atoms with Gasteiger partial charge in [0, 0.05) is 57.9 Å². The summed E-state index contributed by atoms with van der Waals surface area (Å²) in [5.74, 6) is 1.79. The summed E-state index contributed by atoms with van der Waals surface area (Å²) in [5.41, 5.74) is 2.37. The van der Waals surface area contributed by atoms with Crippen LogP contribution in [0.5, 0.6) is 5.75 Å². The first kappa shape index (κ1) is 26.0. The second-order valence-electron chi connectivity index (χ2n) is 7.94. The molecule has 0 radical (unpaired) electrons. The van der Waals surface area contributed by atoms with Gasteiger partial charge in [0.05, 0.1) is 6.10 Å². The van der Waals surface area contributed by atoms with Gasteiger partial charge in [-0.05, 0) is 45.9 Å². The van der Waals surface area contributed by atoms with Crippen LogP contribution in [0.3, 0.4) is 0 Å². The average molecular weight is 518 g/mol. The highest BCUT2D eigenvalue weighted by Gasteiger charge is 2.19. The predicted octanol–water partition coefficient (Wildman–Crippen LogP) is 3.09. The van der Waals surface area contributed by atoms with Gasteiger partial charge in [0.15, 0.2) is 5.96 Å². The van der Waals surface area contributed by atoms with Crippen molar-refractivity contribution in [2.75, 3.05) is 46.8 Å². The first-order valence-corrected chi connectivity index (χ1v) is 10.6. The molecule has 7 heteroatoms. The van der Waals surface area contributed by atoms with E-state index in [1.807, 2.05) is 7.05 Å². The lowest BCUT2D eigenvalue weighted by molar-refractivity contribution is 0.120. The maximum atomic E-state index is 6.12. The molecule has 6 nitrogen and oxygen atoms in total. The van der Waals surface area contributed by atoms with Crippen molar-refractivity contribution in [3.8, 4) is 5.75 Å². The van der Waals surface area contributed by atoms with E-state index >= 15 is 0 Å². The third-order valence-corrected chi connectivity index (χ3v) is 5.52. The summed E-state index contributed by atoms with van der Waals surface area (Å²) >= 11 is 0. The summed E-state index contributed by atoms with van der Waals surface area (Å²) in [4.78, 5) is 9.31. The quantitative estimate of drug-likeness (QED) is 0.316. The van der Waals surface area contributed by atoms with E-state index in [0.717, 1.165) is 56.4 Å². The van der Waals surface area contributed by atoms with Crippen molar-refractivity contribution in [2.45, 2.75) is 52.8 Å². The predicted molar refractivity (Wildman–Crippen MR) is 134 cm³/mol. The lowest BCUT2D eigenvalue weighted by Gasteiger charge is -2.36. The number of benzene rings is 1. The molecule has 1 heterocycles. The normalized spacial score (nSPS) is 17.9. The van der Waals surface area contributed by atoms with Crippen molar-refractivity contribution >= 4 is 29.9 Å². The minimum absolute atomic E-state index is 0. The van der Waals surface area contributed by atoms with Crippen molar-refractivity contribution < 1.29 is 4.74 Å². The molecular formula is C22H40IN5O. The molecule has 2 N–H and O–H groups in total. The van der Waals surface area contributed by atoms with Gasteiger partial charge in [0.1, 0.15) is 5.75 Å². The Morgan fingerprint density at radius 2 is 1.86 bits per heavy atom. The van der Waals surface area contributed by atoms with Gasteiger partial charge >= 0.3 is 0 Å². The van der Waals surface area contributed by atoms with Crippen LogP contribution in [0.2, 0.25) is 0 Å². The van der Waals surface area contributed by atoms with Crippen LogP contribution in [0, 0.1) is 6.92 Å². The molecule has 2 atom stereocenters. The number of nitrogens with zero attached hydrogens (tertiary/aromatic N) is 3. The highest BCUT2D eigenvalue weighted by atomic mass is 127. The Hall–Kier alpha value is -1.06. The van der Waals surface area contributed by atoms with Crippen LogP contribution in [0.1, 0.15) is 38.3 Å². The van der Waals surface area contributed by atoms with E-state index in [-0.39, 0.29) is 30.1 Å². The van der Waals surface area contributed by atoms with Crippen LogP contribution in [0.25, 0.3) is 0 Å². The molecule has 0 saturated carbocycles. The number of rotatable bonds is 8. The number of ether oxygens (including phenoxy) is 1. The lowest BCUT2D eigenvalue weighted by atomic mass is 10.1. The fraction of sp³-hybridized carbons (Fsp3) is 0.682. The van der Waals surface area contributed by atoms with Crippen molar-refractivity contribution in [1.29, 1.82) is 0 Å². The second kappa shape index (κ2) is 13.3. The fourth-order valence-corrected chi connectivity index (χ4v) is 3.25. The van der Waals surface area contributed by atoms with Gasteiger partial charge in [-0.1, -0.05) is 19.1 Å². The van der Waals surface area contributed by atoms with Crippen molar-refractivity contribution in [2.24, 2.45) is 4.99 Å². The van der Waals surface area contributed by atoms with Crippen LogP contribution < -0.4 is 15.4 Å². The Morgan fingerprint density at radius 3 is 2.48 bits per heavy atom. The maximum absolute atomic E-state index is 6.12. The number of aryl methyl sites for hydroxylation is 1. The monoisotopic (exact) mass is 517 g/mol. The molecule has 0 aliphatic carbocycles. The van der Waals surface area contributed by atoms with E-state index in [1.54, 1.807) is 0 Å². The Morgan fingerprint density at radius 1 is 1.17 bits per heavy atom. The molecule has 0 aromatic heterocycles. The molecule has 1 aliphatic rings. The number of hydrogen-bond acceptors (Lipinski definition) is 4. The lowest BCUT2D eigenvalue weighted by Crippen LogP contribution is -2.52. The number of aliphatic imine (C=N–C) groups is 1. The molecule has 166 valence electrons. The van der Waals surface area contributed by atoms with Gasteiger partial charge in [0.25, 0.3) is 0 Å². The molecular weight excluding hydrogens is 477 g/mol. The van der Waals surface area contributed by atoms with E-state index in [0.29, 0.717) is 12.6 Å². The molecule has 1 fully saturated rings. The number of piperazine rings is 1. The van der Waals surface area contributed by atoms with Gasteiger partial charge in [-0.25, -0.2) is 0 Å². The van der Waals surface area contributed by atoms with Crippen LogP contribution in [0.4, 0.5) is 0 Å². The van der Waals surface area contributed by atoms with E-state index in [1.165, 1.54) is 5.56 Å². The van der Waals surface area contributed by atoms with Gasteiger partial charge in [0.2, 0.25) is 0 Å². The Labute approximate surface area is 194 Å². The summed E-state index contributed by atoms with van der Waals surface area (Å²) in [6, 6.07) is 6.87. The zero-order valence-electron chi connectivity index (χ0n) is 19.0. The maximum Gasteiger partial charge on any atom is 0.191 e. The third kappa shape index (κ3) is 8.68. The SMILES string of the molecule is CCC(C)Oc1cc(C)ccc1CNC(=NC)NCC(C)N1CCN(C)CC1.I. The topological polar surface area (TPSA) is 52.1 Å². The fourth-order valence-electron chi connectivity index (χ4n) is 3.25. The molecule has 2 unspecified atom stereocenters. The van der Waals surface area contributed by atoms with Gasteiger partial charge in [-0.3, -0.25) is 9.89 Å². The Kier molecular flexibility index (Phi) is 11.9. The minimum atomic E-state index is 0. The third-order valence-electron chi connectivity index (χ3n) is 5.52. The minimum Gasteiger partial charge on any atom is -0.490 e. The number of likely N-dealkylation sites (N-methyl/N-ethyl adjacent to an activating group) is 1. The molecule has 29 heavy (non-hydrogen) atoms. The van der Waals surface area contributed by atoms with E-state index in [9.17, 15) is 0 Å². The largest absolute Gasteiger partial charge is 0.490 e. The Balaban J connectivity index is 0.00000420. The number of guanidine groups is 1. The van der Waals surface area contributed by atoms with E-state index in [2.05, 4.69) is 78.4 Å². The highest BCUT2D eigenvalue weighted by molar-refractivity contribution is 14.0. The van der Waals surface area contributed by atoms with Crippen molar-refractivity contribution in [3.05, 3.63) is 29.3 Å². The molecule has 1 aliphatic heterocycles. The average Bonchev–Trinajstić information content (AvgIpc) is 2.69. The molecule has 0 bridgehead atoms. The molecule has 1 aromatic carbocycles. The van der Waals surface area contributed by atoms with Crippen LogP contribution in [-0.4, -0.2) is 74.7 Å². The molecule has 0 spiro atoms. The molecule has 0 amide bonds. The van der Waals surface area contributed by atoms with E-state index < -0.39 is 0 Å². The molecule has 1 aromatic rings. The first-order chi connectivity index (χ1) is 13.4. The summed E-state index contributed by atoms with van der Waals surface area (Å²) in [6.07, 6.45) is 1.20. The second-order valence-corrected chi connectivity index (χ2v) is 7.94. The summed E-state index contributed by atoms with van der Waals surface area (Å²) in [7, 11) is 4.01. The number of halogens is 1. The van der Waals surface area contributed by atoms with Crippen LogP contribution >= 0.6 is 24.0 Å². The summed E-state index contributed by atoms with van der Waals surface area (Å²) in [5, 5.41) is 6.91. The smallest absolute Gasteiger partial charge is 0.191 e. The number of hydrogen-bond donors (Lipinski definition) is 2. The zero-order chi connectivity index (χ0) is 20.5. The highest BCUT2D eigenvalue weighted by Crippen LogP contribution is 2.22. The van der Waals surface area contributed by atoms with Gasteiger partial charge in [-0.2, -0.15) is 0 Å². The molecule has 1 saturated heterocycles. The van der Waals surface area contributed by atoms with Crippen molar-refractivity contribution in [1.82, 2.24) is 20.4 Å². The molecule has 2 rings (SSSR count). The van der Waals surface area contributed by atoms with Gasteiger partial charge in [-0.15, -0.1) is 24.0 Å². The Bertz CT molecular complexity index is 632. The van der Waals surface area contributed by atoms with Gasteiger partial charge < -0.3 is 20.3 Å². The summed E-state index contributed by atoms with van der Waals surface area (Å²) < 4.78 is 6.12. The standard InChI is InChI=1S/C22H39N5O.HI/c1-7-19(4)28-21-14-17(2)8-9-20(21)16-25-22(23-5)24-15-18(3)27-12-10-26(6)11-13-27;/h8-9,14,18-19H,7,10-13,15-16H2,1-6H3,(H2,23,24,25);1H. The number of nitrogens with one attached hydrogen (secondary N) is 2.